The van der Waals surface area contributed by atoms with Crippen LogP contribution in [0.25, 0.3) is 5.69 Å². The molecular formula is C17H20N4O2S. The Morgan fingerprint density at radius 2 is 2.04 bits per heavy atom. The van der Waals surface area contributed by atoms with E-state index >= 15 is 0 Å². The summed E-state index contributed by atoms with van der Waals surface area (Å²) in [5, 5.41) is 8.68. The Labute approximate surface area is 145 Å². The molecule has 0 unspecified atom stereocenters. The van der Waals surface area contributed by atoms with E-state index in [1.54, 1.807) is 30.5 Å². The molecule has 0 N–H and O–H groups in total. The van der Waals surface area contributed by atoms with Gasteiger partial charge in [-0.15, -0.1) is 23.4 Å². The van der Waals surface area contributed by atoms with E-state index in [9.17, 15) is 4.79 Å². The highest BCUT2D eigenvalue weighted by Gasteiger charge is 2.15. The highest BCUT2D eigenvalue weighted by Crippen LogP contribution is 2.26. The van der Waals surface area contributed by atoms with Crippen LogP contribution in [0.3, 0.4) is 0 Å². The molecule has 1 heterocycles. The number of nitrogens with zero attached hydrogens (tertiary/aromatic N) is 4. The smallest absolute Gasteiger partial charge is 0.233 e. The van der Waals surface area contributed by atoms with Gasteiger partial charge in [-0.2, -0.15) is 0 Å². The highest BCUT2D eigenvalue weighted by molar-refractivity contribution is 7.99. The minimum atomic E-state index is -0.00521. The largest absolute Gasteiger partial charge is 0.495 e. The van der Waals surface area contributed by atoms with Gasteiger partial charge in [-0.05, 0) is 12.1 Å². The van der Waals surface area contributed by atoms with Gasteiger partial charge in [0.1, 0.15) is 12.1 Å². The first-order valence-electron chi connectivity index (χ1n) is 7.37. The molecule has 126 valence electrons. The molecule has 2 aromatic rings. The van der Waals surface area contributed by atoms with Crippen molar-refractivity contribution in [2.24, 2.45) is 0 Å². The lowest BCUT2D eigenvalue weighted by atomic mass is 10.3. The molecule has 0 aliphatic carbocycles. The average Bonchev–Trinajstić information content (AvgIpc) is 3.07. The topological polar surface area (TPSA) is 60.2 Å². The lowest BCUT2D eigenvalue weighted by molar-refractivity contribution is -0.127. The molecule has 0 radical (unpaired) electrons. The third kappa shape index (κ3) is 4.26. The number of thioether (sulfide) groups is 1. The average molecular weight is 344 g/mol. The van der Waals surface area contributed by atoms with Crippen molar-refractivity contribution in [3.63, 3.8) is 0 Å². The number of ether oxygens (including phenoxy) is 1. The van der Waals surface area contributed by atoms with Gasteiger partial charge in [-0.25, -0.2) is 0 Å². The first-order valence-corrected chi connectivity index (χ1v) is 8.35. The summed E-state index contributed by atoms with van der Waals surface area (Å²) < 4.78 is 7.18. The molecule has 24 heavy (non-hydrogen) atoms. The van der Waals surface area contributed by atoms with Gasteiger partial charge in [-0.1, -0.05) is 36.0 Å². The van der Waals surface area contributed by atoms with Crippen LogP contribution in [-0.4, -0.2) is 51.5 Å². The number of hydrogen-bond acceptors (Lipinski definition) is 5. The number of carbonyl (C=O) groups excluding carboxylic acids is 1. The van der Waals surface area contributed by atoms with Crippen molar-refractivity contribution in [1.29, 1.82) is 0 Å². The summed E-state index contributed by atoms with van der Waals surface area (Å²) in [6.07, 6.45) is 5.00. The van der Waals surface area contributed by atoms with Crippen LogP contribution in [0.1, 0.15) is 0 Å². The van der Waals surface area contributed by atoms with Crippen LogP contribution >= 0.6 is 11.8 Å². The Balaban J connectivity index is 2.12. The van der Waals surface area contributed by atoms with Gasteiger partial charge in [0.25, 0.3) is 0 Å². The molecule has 0 aliphatic heterocycles. The van der Waals surface area contributed by atoms with E-state index in [4.69, 9.17) is 4.74 Å². The molecule has 1 aromatic carbocycles. The summed E-state index contributed by atoms with van der Waals surface area (Å²) in [5.74, 6) is 0.968. The molecule has 0 spiro atoms. The van der Waals surface area contributed by atoms with Crippen LogP contribution in [0, 0.1) is 0 Å². The molecule has 6 nitrogen and oxygen atoms in total. The zero-order valence-electron chi connectivity index (χ0n) is 13.6. The van der Waals surface area contributed by atoms with Crippen LogP contribution in [-0.2, 0) is 4.79 Å². The molecule has 2 rings (SSSR count). The lowest BCUT2D eigenvalue weighted by Crippen LogP contribution is -2.32. The van der Waals surface area contributed by atoms with E-state index in [0.717, 1.165) is 5.69 Å². The molecule has 1 amide bonds. The molecule has 0 aliphatic rings. The van der Waals surface area contributed by atoms with Crippen molar-refractivity contribution >= 4 is 17.7 Å². The van der Waals surface area contributed by atoms with Crippen molar-refractivity contribution in [2.75, 3.05) is 26.0 Å². The van der Waals surface area contributed by atoms with Crippen LogP contribution in [0.4, 0.5) is 0 Å². The first-order chi connectivity index (χ1) is 11.7. The summed E-state index contributed by atoms with van der Waals surface area (Å²) in [6.45, 7) is 8.33. The predicted molar refractivity (Wildman–Crippen MR) is 95.6 cm³/mol. The van der Waals surface area contributed by atoms with E-state index in [1.165, 1.54) is 11.8 Å². The molecule has 0 saturated carbocycles. The number of carbonyl (C=O) groups is 1. The fourth-order valence-corrected chi connectivity index (χ4v) is 2.95. The molecule has 7 heteroatoms. The number of amides is 1. The van der Waals surface area contributed by atoms with Gasteiger partial charge in [0, 0.05) is 13.1 Å². The zero-order valence-corrected chi connectivity index (χ0v) is 14.4. The Bertz CT molecular complexity index is 704. The summed E-state index contributed by atoms with van der Waals surface area (Å²) in [5.41, 5.74) is 0.828. The van der Waals surface area contributed by atoms with Gasteiger partial charge >= 0.3 is 0 Å². The standard InChI is InChI=1S/C17H20N4O2S/c1-4-10-20(11-5-2)16(22)12-24-17-19-18-13-21(17)14-8-6-7-9-15(14)23-3/h4-9,13H,1-2,10-12H2,3H3. The van der Waals surface area contributed by atoms with Gasteiger partial charge in [0.2, 0.25) is 5.91 Å². The summed E-state index contributed by atoms with van der Waals surface area (Å²) in [4.78, 5) is 14.0. The Morgan fingerprint density at radius 3 is 2.71 bits per heavy atom. The van der Waals surface area contributed by atoms with Crippen molar-refractivity contribution in [3.8, 4) is 11.4 Å². The third-order valence-electron chi connectivity index (χ3n) is 3.24. The molecule has 0 saturated heterocycles. The molecule has 1 aromatic heterocycles. The SMILES string of the molecule is C=CCN(CC=C)C(=O)CSc1nncn1-c1ccccc1OC. The van der Waals surface area contributed by atoms with Gasteiger partial charge in [0.15, 0.2) is 5.16 Å². The van der Waals surface area contributed by atoms with Crippen LogP contribution in [0.15, 0.2) is 61.1 Å². The van der Waals surface area contributed by atoms with E-state index in [1.807, 2.05) is 28.8 Å². The number of rotatable bonds is 9. The van der Waals surface area contributed by atoms with Crippen molar-refractivity contribution in [3.05, 3.63) is 55.9 Å². The Hall–Kier alpha value is -2.54. The van der Waals surface area contributed by atoms with Crippen LogP contribution < -0.4 is 4.74 Å². The van der Waals surface area contributed by atoms with E-state index in [-0.39, 0.29) is 11.7 Å². The lowest BCUT2D eigenvalue weighted by Gasteiger charge is -2.18. The van der Waals surface area contributed by atoms with Gasteiger partial charge in [0.05, 0.1) is 18.6 Å². The third-order valence-corrected chi connectivity index (χ3v) is 4.17. The second kappa shape index (κ2) is 8.93. The number of para-hydroxylation sites is 2. The van der Waals surface area contributed by atoms with Crippen LogP contribution in [0.5, 0.6) is 5.75 Å². The fourth-order valence-electron chi connectivity index (χ4n) is 2.12. The molecule has 0 atom stereocenters. The Kier molecular flexibility index (Phi) is 6.62. The maximum Gasteiger partial charge on any atom is 0.233 e. The fraction of sp³-hybridized carbons (Fsp3) is 0.235. The molecule has 0 bridgehead atoms. The first kappa shape index (κ1) is 17.8. The van der Waals surface area contributed by atoms with Crippen molar-refractivity contribution < 1.29 is 9.53 Å². The van der Waals surface area contributed by atoms with E-state index in [2.05, 4.69) is 23.4 Å². The van der Waals surface area contributed by atoms with Crippen molar-refractivity contribution in [1.82, 2.24) is 19.7 Å². The normalized spacial score (nSPS) is 10.2. The summed E-state index contributed by atoms with van der Waals surface area (Å²) in [6, 6.07) is 7.58. The predicted octanol–water partition coefficient (Wildman–Crippen LogP) is 2.57. The summed E-state index contributed by atoms with van der Waals surface area (Å²) >= 11 is 1.33. The van der Waals surface area contributed by atoms with E-state index < -0.39 is 0 Å². The van der Waals surface area contributed by atoms with Crippen molar-refractivity contribution in [2.45, 2.75) is 5.16 Å². The van der Waals surface area contributed by atoms with Gasteiger partial charge in [-0.3, -0.25) is 9.36 Å². The zero-order chi connectivity index (χ0) is 17.4. The number of benzene rings is 1. The maximum atomic E-state index is 12.3. The second-order valence-electron chi connectivity index (χ2n) is 4.82. The quantitative estimate of drug-likeness (QED) is 0.517. The summed E-state index contributed by atoms with van der Waals surface area (Å²) in [7, 11) is 1.61. The minimum absolute atomic E-state index is 0.00521. The number of methoxy groups -OCH3 is 1. The number of aromatic nitrogens is 3. The minimum Gasteiger partial charge on any atom is -0.495 e. The second-order valence-corrected chi connectivity index (χ2v) is 5.76. The highest BCUT2D eigenvalue weighted by atomic mass is 32.2. The Morgan fingerprint density at radius 1 is 1.33 bits per heavy atom. The molecular weight excluding hydrogens is 324 g/mol. The van der Waals surface area contributed by atoms with Gasteiger partial charge < -0.3 is 9.64 Å². The molecule has 0 fully saturated rings. The van der Waals surface area contributed by atoms with E-state index in [0.29, 0.717) is 24.0 Å². The number of hydrogen-bond donors (Lipinski definition) is 0. The van der Waals surface area contributed by atoms with Crippen LogP contribution in [0.2, 0.25) is 0 Å². The maximum absolute atomic E-state index is 12.3. The monoisotopic (exact) mass is 344 g/mol.